The van der Waals surface area contributed by atoms with Crippen molar-refractivity contribution >= 4 is 23.5 Å². The summed E-state index contributed by atoms with van der Waals surface area (Å²) >= 11 is 5.76. The molecule has 1 N–H and O–H groups in total. The maximum absolute atomic E-state index is 12.1. The number of pyridine rings is 1. The van der Waals surface area contributed by atoms with E-state index in [4.69, 9.17) is 16.7 Å². The average Bonchev–Trinajstić information content (AvgIpc) is 2.25. The summed E-state index contributed by atoms with van der Waals surface area (Å²) in [6, 6.07) is 2.97. The van der Waals surface area contributed by atoms with Gasteiger partial charge in [-0.3, -0.25) is 9.59 Å². The summed E-state index contributed by atoms with van der Waals surface area (Å²) in [6.45, 7) is 4.97. The van der Waals surface area contributed by atoms with Crippen molar-refractivity contribution in [1.29, 1.82) is 0 Å². The smallest absolute Gasteiger partial charge is 0.323 e. The summed E-state index contributed by atoms with van der Waals surface area (Å²) in [7, 11) is 0. The molecule has 1 rings (SSSR count). The molecule has 18 heavy (non-hydrogen) atoms. The summed E-state index contributed by atoms with van der Waals surface area (Å²) in [5.41, 5.74) is 0.912. The van der Waals surface area contributed by atoms with E-state index in [2.05, 4.69) is 11.6 Å². The standard InChI is InChI=1S/C12H13ClN2O3/c1-3-4-15(7-11(16)17)12(18)9-5-8(2)14-10(13)6-9/h3,5-6H,1,4,7H2,2H3,(H,16,17). The highest BCUT2D eigenvalue weighted by atomic mass is 35.5. The lowest BCUT2D eigenvalue weighted by Crippen LogP contribution is -2.35. The number of nitrogens with zero attached hydrogens (tertiary/aromatic N) is 2. The molecular formula is C12H13ClN2O3. The lowest BCUT2D eigenvalue weighted by atomic mass is 10.2. The molecule has 0 aliphatic rings. The van der Waals surface area contributed by atoms with E-state index in [-0.39, 0.29) is 18.2 Å². The first-order chi connectivity index (χ1) is 8.43. The van der Waals surface area contributed by atoms with Crippen molar-refractivity contribution < 1.29 is 14.7 Å². The molecule has 0 aliphatic carbocycles. The highest BCUT2D eigenvalue weighted by Crippen LogP contribution is 2.12. The summed E-state index contributed by atoms with van der Waals surface area (Å²) < 4.78 is 0. The van der Waals surface area contributed by atoms with E-state index in [0.29, 0.717) is 11.3 Å². The first-order valence-corrected chi connectivity index (χ1v) is 5.58. The Kier molecular flexibility index (Phi) is 4.85. The number of carbonyl (C=O) groups is 2. The molecule has 0 atom stereocenters. The molecule has 0 bridgehead atoms. The number of rotatable bonds is 5. The molecule has 0 spiro atoms. The highest BCUT2D eigenvalue weighted by molar-refractivity contribution is 6.29. The van der Waals surface area contributed by atoms with Crippen molar-refractivity contribution in [2.45, 2.75) is 6.92 Å². The summed E-state index contributed by atoms with van der Waals surface area (Å²) in [5, 5.41) is 8.95. The molecule has 0 radical (unpaired) electrons. The molecule has 96 valence electrons. The summed E-state index contributed by atoms with van der Waals surface area (Å²) in [6.07, 6.45) is 1.47. The van der Waals surface area contributed by atoms with E-state index >= 15 is 0 Å². The Morgan fingerprint density at radius 3 is 2.72 bits per heavy atom. The minimum Gasteiger partial charge on any atom is -0.480 e. The van der Waals surface area contributed by atoms with Crippen LogP contribution in [-0.4, -0.2) is 40.0 Å². The number of carboxylic acids is 1. The molecule has 1 amide bonds. The van der Waals surface area contributed by atoms with Gasteiger partial charge in [0.1, 0.15) is 11.7 Å². The van der Waals surface area contributed by atoms with Gasteiger partial charge in [0.05, 0.1) is 0 Å². The Labute approximate surface area is 110 Å². The van der Waals surface area contributed by atoms with Gasteiger partial charge in [0, 0.05) is 17.8 Å². The van der Waals surface area contributed by atoms with Crippen molar-refractivity contribution in [3.63, 3.8) is 0 Å². The van der Waals surface area contributed by atoms with Crippen molar-refractivity contribution in [3.8, 4) is 0 Å². The number of carbonyl (C=O) groups excluding carboxylic acids is 1. The van der Waals surface area contributed by atoms with Crippen LogP contribution in [0.3, 0.4) is 0 Å². The van der Waals surface area contributed by atoms with Gasteiger partial charge in [0.15, 0.2) is 0 Å². The highest BCUT2D eigenvalue weighted by Gasteiger charge is 2.18. The molecule has 5 nitrogen and oxygen atoms in total. The fourth-order valence-corrected chi connectivity index (χ4v) is 1.72. The maximum atomic E-state index is 12.1. The number of amides is 1. The molecule has 0 aromatic carbocycles. The van der Waals surface area contributed by atoms with Gasteiger partial charge in [-0.05, 0) is 19.1 Å². The van der Waals surface area contributed by atoms with Gasteiger partial charge >= 0.3 is 5.97 Å². The second-order valence-corrected chi connectivity index (χ2v) is 4.08. The Morgan fingerprint density at radius 1 is 1.56 bits per heavy atom. The van der Waals surface area contributed by atoms with Crippen molar-refractivity contribution in [2.24, 2.45) is 0 Å². The maximum Gasteiger partial charge on any atom is 0.323 e. The number of aryl methyl sites for hydroxylation is 1. The number of halogens is 1. The Bertz CT molecular complexity index is 468. The zero-order valence-corrected chi connectivity index (χ0v) is 10.6. The zero-order valence-electron chi connectivity index (χ0n) is 9.89. The van der Waals surface area contributed by atoms with Crippen LogP contribution in [0.2, 0.25) is 5.15 Å². The minimum atomic E-state index is -1.08. The molecule has 0 saturated heterocycles. The molecule has 0 fully saturated rings. The predicted octanol–water partition coefficient (Wildman–Crippen LogP) is 1.76. The minimum absolute atomic E-state index is 0.157. The van der Waals surface area contributed by atoms with Crippen LogP contribution in [0.15, 0.2) is 24.8 Å². The van der Waals surface area contributed by atoms with Gasteiger partial charge in [0.25, 0.3) is 5.91 Å². The summed E-state index contributed by atoms with van der Waals surface area (Å²) in [4.78, 5) is 27.9. The average molecular weight is 269 g/mol. The number of carboxylic acid groups (broad SMARTS) is 1. The van der Waals surface area contributed by atoms with Crippen LogP contribution in [0, 0.1) is 6.92 Å². The first kappa shape index (κ1) is 14.2. The third-order valence-corrected chi connectivity index (χ3v) is 2.33. The first-order valence-electron chi connectivity index (χ1n) is 5.20. The van der Waals surface area contributed by atoms with E-state index in [1.165, 1.54) is 17.0 Å². The molecule has 0 aliphatic heterocycles. The molecule has 1 heterocycles. The lowest BCUT2D eigenvalue weighted by molar-refractivity contribution is -0.137. The van der Waals surface area contributed by atoms with E-state index in [1.54, 1.807) is 13.0 Å². The van der Waals surface area contributed by atoms with Crippen LogP contribution in [0.5, 0.6) is 0 Å². The van der Waals surface area contributed by atoms with Gasteiger partial charge in [0.2, 0.25) is 0 Å². The fraction of sp³-hybridized carbons (Fsp3) is 0.250. The fourth-order valence-electron chi connectivity index (χ4n) is 1.47. The predicted molar refractivity (Wildman–Crippen MR) is 67.7 cm³/mol. The molecule has 1 aromatic rings. The van der Waals surface area contributed by atoms with Crippen molar-refractivity contribution in [3.05, 3.63) is 41.2 Å². The Morgan fingerprint density at radius 2 is 2.22 bits per heavy atom. The molecule has 0 unspecified atom stereocenters. The third kappa shape index (κ3) is 3.85. The Balaban J connectivity index is 3.00. The molecule has 6 heteroatoms. The van der Waals surface area contributed by atoms with Gasteiger partial charge in [-0.1, -0.05) is 17.7 Å². The number of aliphatic carboxylic acids is 1. The normalized spacial score (nSPS) is 9.89. The SMILES string of the molecule is C=CCN(CC(=O)O)C(=O)c1cc(C)nc(Cl)c1. The van der Waals surface area contributed by atoms with Crippen molar-refractivity contribution in [2.75, 3.05) is 13.1 Å². The molecular weight excluding hydrogens is 256 g/mol. The van der Waals surface area contributed by atoms with Crippen LogP contribution in [-0.2, 0) is 4.79 Å². The summed E-state index contributed by atoms with van der Waals surface area (Å²) in [5.74, 6) is -1.49. The van der Waals surface area contributed by atoms with Gasteiger partial charge in [-0.2, -0.15) is 0 Å². The van der Waals surface area contributed by atoms with Crippen LogP contribution in [0.1, 0.15) is 16.1 Å². The van der Waals surface area contributed by atoms with E-state index in [9.17, 15) is 9.59 Å². The van der Waals surface area contributed by atoms with Crippen LogP contribution in [0.25, 0.3) is 0 Å². The van der Waals surface area contributed by atoms with Crippen LogP contribution < -0.4 is 0 Å². The Hall–Kier alpha value is -1.88. The quantitative estimate of drug-likeness (QED) is 0.652. The number of aromatic nitrogens is 1. The van der Waals surface area contributed by atoms with Crippen molar-refractivity contribution in [1.82, 2.24) is 9.88 Å². The van der Waals surface area contributed by atoms with E-state index in [0.717, 1.165) is 0 Å². The number of hydrogen-bond acceptors (Lipinski definition) is 3. The lowest BCUT2D eigenvalue weighted by Gasteiger charge is -2.19. The zero-order chi connectivity index (χ0) is 13.7. The third-order valence-electron chi connectivity index (χ3n) is 2.13. The van der Waals surface area contributed by atoms with E-state index in [1.807, 2.05) is 0 Å². The van der Waals surface area contributed by atoms with Gasteiger partial charge in [-0.25, -0.2) is 4.98 Å². The number of hydrogen-bond donors (Lipinski definition) is 1. The van der Waals surface area contributed by atoms with Gasteiger partial charge in [-0.15, -0.1) is 6.58 Å². The van der Waals surface area contributed by atoms with Crippen LogP contribution >= 0.6 is 11.6 Å². The largest absolute Gasteiger partial charge is 0.480 e. The monoisotopic (exact) mass is 268 g/mol. The molecule has 1 aromatic heterocycles. The second-order valence-electron chi connectivity index (χ2n) is 3.69. The second kappa shape index (κ2) is 6.16. The van der Waals surface area contributed by atoms with Crippen LogP contribution in [0.4, 0.5) is 0 Å². The van der Waals surface area contributed by atoms with E-state index < -0.39 is 11.9 Å². The topological polar surface area (TPSA) is 70.5 Å². The van der Waals surface area contributed by atoms with Gasteiger partial charge < -0.3 is 10.0 Å². The molecule has 0 saturated carbocycles.